The number of aromatic nitrogens is 1. The zero-order chi connectivity index (χ0) is 11.4. The van der Waals surface area contributed by atoms with Crippen molar-refractivity contribution in [2.24, 2.45) is 11.7 Å². The van der Waals surface area contributed by atoms with E-state index in [1.807, 2.05) is 0 Å². The van der Waals surface area contributed by atoms with Crippen molar-refractivity contribution in [3.05, 3.63) is 23.9 Å². The number of ether oxygens (including phenoxy) is 1. The summed E-state index contributed by atoms with van der Waals surface area (Å²) in [6.07, 6.45) is 6.74. The standard InChI is InChI=1S/C12H17N3O/c13-11(14)10-5-2-7-15-12(10)16-8-6-9-3-1-4-9/h2,5,7,9H,1,3-4,6,8H2,(H3,13,14). The molecular formula is C12H17N3O. The molecule has 4 heteroatoms. The summed E-state index contributed by atoms with van der Waals surface area (Å²) in [7, 11) is 0. The van der Waals surface area contributed by atoms with Crippen LogP contribution in [0.1, 0.15) is 31.2 Å². The average molecular weight is 219 g/mol. The maximum absolute atomic E-state index is 7.40. The molecule has 16 heavy (non-hydrogen) atoms. The fraction of sp³-hybridized carbons (Fsp3) is 0.500. The number of pyridine rings is 1. The van der Waals surface area contributed by atoms with Crippen molar-refractivity contribution in [2.45, 2.75) is 25.7 Å². The van der Waals surface area contributed by atoms with Gasteiger partial charge in [-0.25, -0.2) is 4.98 Å². The van der Waals surface area contributed by atoms with Gasteiger partial charge < -0.3 is 10.5 Å². The smallest absolute Gasteiger partial charge is 0.224 e. The SMILES string of the molecule is N=C(N)c1cccnc1OCCC1CCC1. The molecule has 0 atom stereocenters. The second-order valence-electron chi connectivity index (χ2n) is 4.20. The third-order valence-corrected chi connectivity index (χ3v) is 3.05. The normalized spacial score (nSPS) is 15.5. The van der Waals surface area contributed by atoms with Crippen LogP contribution in [0.15, 0.2) is 18.3 Å². The topological polar surface area (TPSA) is 72.0 Å². The van der Waals surface area contributed by atoms with Gasteiger partial charge in [0.2, 0.25) is 5.88 Å². The largest absolute Gasteiger partial charge is 0.477 e. The molecule has 0 spiro atoms. The Balaban J connectivity index is 1.89. The first-order chi connectivity index (χ1) is 7.77. The number of amidine groups is 1. The van der Waals surface area contributed by atoms with Crippen molar-refractivity contribution in [1.82, 2.24) is 4.98 Å². The minimum atomic E-state index is 0.00624. The number of nitrogens with two attached hydrogens (primary N) is 1. The minimum absolute atomic E-state index is 0.00624. The van der Waals surface area contributed by atoms with Crippen LogP contribution in [-0.2, 0) is 0 Å². The van der Waals surface area contributed by atoms with Crippen LogP contribution in [0.5, 0.6) is 5.88 Å². The molecule has 0 aliphatic heterocycles. The monoisotopic (exact) mass is 219 g/mol. The molecule has 3 N–H and O–H groups in total. The summed E-state index contributed by atoms with van der Waals surface area (Å²) in [5.74, 6) is 1.31. The first-order valence-corrected chi connectivity index (χ1v) is 5.69. The van der Waals surface area contributed by atoms with Crippen molar-refractivity contribution in [1.29, 1.82) is 5.41 Å². The van der Waals surface area contributed by atoms with E-state index in [1.165, 1.54) is 19.3 Å². The Morgan fingerprint density at radius 1 is 1.56 bits per heavy atom. The van der Waals surface area contributed by atoms with E-state index in [9.17, 15) is 0 Å². The van der Waals surface area contributed by atoms with Crippen molar-refractivity contribution >= 4 is 5.84 Å². The van der Waals surface area contributed by atoms with Gasteiger partial charge in [0.15, 0.2) is 0 Å². The highest BCUT2D eigenvalue weighted by Crippen LogP contribution is 2.29. The van der Waals surface area contributed by atoms with Crippen LogP contribution < -0.4 is 10.5 Å². The van der Waals surface area contributed by atoms with Crippen LogP contribution in [0.25, 0.3) is 0 Å². The zero-order valence-corrected chi connectivity index (χ0v) is 9.28. The number of hydrogen-bond acceptors (Lipinski definition) is 3. The zero-order valence-electron chi connectivity index (χ0n) is 9.28. The van der Waals surface area contributed by atoms with Gasteiger partial charge in [-0.05, 0) is 24.5 Å². The van der Waals surface area contributed by atoms with Gasteiger partial charge in [0, 0.05) is 6.20 Å². The molecule has 1 aliphatic carbocycles. The van der Waals surface area contributed by atoms with E-state index in [4.69, 9.17) is 15.9 Å². The maximum atomic E-state index is 7.40. The Labute approximate surface area is 95.3 Å². The summed E-state index contributed by atoms with van der Waals surface area (Å²) in [4.78, 5) is 4.10. The van der Waals surface area contributed by atoms with Gasteiger partial charge >= 0.3 is 0 Å². The fourth-order valence-corrected chi connectivity index (χ4v) is 1.81. The predicted molar refractivity (Wildman–Crippen MR) is 62.7 cm³/mol. The van der Waals surface area contributed by atoms with E-state index in [0.29, 0.717) is 18.1 Å². The number of hydrogen-bond donors (Lipinski definition) is 2. The molecule has 2 rings (SSSR count). The van der Waals surface area contributed by atoms with Gasteiger partial charge in [0.25, 0.3) is 0 Å². The molecule has 1 fully saturated rings. The summed E-state index contributed by atoms with van der Waals surface area (Å²) in [5, 5.41) is 7.40. The number of nitrogens with zero attached hydrogens (tertiary/aromatic N) is 1. The summed E-state index contributed by atoms with van der Waals surface area (Å²) in [5.41, 5.74) is 6.03. The van der Waals surface area contributed by atoms with Crippen LogP contribution in [0, 0.1) is 11.3 Å². The highest BCUT2D eigenvalue weighted by atomic mass is 16.5. The van der Waals surface area contributed by atoms with E-state index in [2.05, 4.69) is 4.98 Å². The van der Waals surface area contributed by atoms with Crippen molar-refractivity contribution in [3.8, 4) is 5.88 Å². The molecule has 1 aromatic rings. The van der Waals surface area contributed by atoms with Crippen LogP contribution >= 0.6 is 0 Å². The van der Waals surface area contributed by atoms with Crippen molar-refractivity contribution in [2.75, 3.05) is 6.61 Å². The summed E-state index contributed by atoms with van der Waals surface area (Å²) in [6, 6.07) is 3.52. The first-order valence-electron chi connectivity index (χ1n) is 5.69. The van der Waals surface area contributed by atoms with Crippen LogP contribution in [0.4, 0.5) is 0 Å². The quantitative estimate of drug-likeness (QED) is 0.587. The van der Waals surface area contributed by atoms with Crippen LogP contribution in [-0.4, -0.2) is 17.4 Å². The molecule has 1 saturated carbocycles. The molecule has 1 heterocycles. The minimum Gasteiger partial charge on any atom is -0.477 e. The van der Waals surface area contributed by atoms with Gasteiger partial charge in [0.1, 0.15) is 5.84 Å². The van der Waals surface area contributed by atoms with Crippen molar-refractivity contribution < 1.29 is 4.74 Å². The highest BCUT2D eigenvalue weighted by Gasteiger charge is 2.17. The van der Waals surface area contributed by atoms with Gasteiger partial charge in [-0.1, -0.05) is 19.3 Å². The summed E-state index contributed by atoms with van der Waals surface area (Å²) < 4.78 is 5.57. The Morgan fingerprint density at radius 2 is 2.38 bits per heavy atom. The van der Waals surface area contributed by atoms with Gasteiger partial charge in [-0.15, -0.1) is 0 Å². The van der Waals surface area contributed by atoms with E-state index < -0.39 is 0 Å². The molecule has 0 amide bonds. The maximum Gasteiger partial charge on any atom is 0.224 e. The Morgan fingerprint density at radius 3 is 3.00 bits per heavy atom. The van der Waals surface area contributed by atoms with Crippen molar-refractivity contribution in [3.63, 3.8) is 0 Å². The lowest BCUT2D eigenvalue weighted by atomic mass is 9.83. The lowest BCUT2D eigenvalue weighted by Gasteiger charge is -2.24. The first kappa shape index (κ1) is 10.9. The van der Waals surface area contributed by atoms with Crippen LogP contribution in [0.2, 0.25) is 0 Å². The van der Waals surface area contributed by atoms with Gasteiger partial charge in [-0.3, -0.25) is 5.41 Å². The predicted octanol–water partition coefficient (Wildman–Crippen LogP) is 1.93. The van der Waals surface area contributed by atoms with E-state index in [-0.39, 0.29) is 5.84 Å². The molecule has 0 saturated heterocycles. The lowest BCUT2D eigenvalue weighted by molar-refractivity contribution is 0.217. The molecule has 4 nitrogen and oxygen atoms in total. The Bertz CT molecular complexity index is 374. The molecule has 1 aromatic heterocycles. The number of rotatable bonds is 5. The molecule has 0 bridgehead atoms. The third-order valence-electron chi connectivity index (χ3n) is 3.05. The lowest BCUT2D eigenvalue weighted by Crippen LogP contribution is -2.17. The molecule has 0 radical (unpaired) electrons. The molecule has 1 aliphatic rings. The van der Waals surface area contributed by atoms with E-state index in [0.717, 1.165) is 12.3 Å². The molecule has 0 aromatic carbocycles. The Hall–Kier alpha value is -1.58. The summed E-state index contributed by atoms with van der Waals surface area (Å²) >= 11 is 0. The summed E-state index contributed by atoms with van der Waals surface area (Å²) in [6.45, 7) is 0.669. The average Bonchev–Trinajstić information content (AvgIpc) is 2.22. The van der Waals surface area contributed by atoms with E-state index in [1.54, 1.807) is 18.3 Å². The van der Waals surface area contributed by atoms with Gasteiger partial charge in [-0.2, -0.15) is 0 Å². The molecule has 86 valence electrons. The third kappa shape index (κ3) is 2.51. The highest BCUT2D eigenvalue weighted by molar-refractivity contribution is 5.96. The Kier molecular flexibility index (Phi) is 3.39. The second-order valence-corrected chi connectivity index (χ2v) is 4.20. The fourth-order valence-electron chi connectivity index (χ4n) is 1.81. The second kappa shape index (κ2) is 4.96. The number of nitrogen functional groups attached to an aromatic ring is 1. The van der Waals surface area contributed by atoms with E-state index >= 15 is 0 Å². The molecule has 0 unspecified atom stereocenters. The molecular weight excluding hydrogens is 202 g/mol. The van der Waals surface area contributed by atoms with Crippen LogP contribution in [0.3, 0.4) is 0 Å². The number of nitrogens with one attached hydrogen (secondary N) is 1. The van der Waals surface area contributed by atoms with Gasteiger partial charge in [0.05, 0.1) is 12.2 Å².